The van der Waals surface area contributed by atoms with Crippen LogP contribution in [0, 0.1) is 6.92 Å². The van der Waals surface area contributed by atoms with Gasteiger partial charge in [0, 0.05) is 5.56 Å². The number of amides is 1. The van der Waals surface area contributed by atoms with Crippen molar-refractivity contribution >= 4 is 28.4 Å². The monoisotopic (exact) mass is 360 g/mol. The molecule has 0 aliphatic rings. The number of nitrogen functional groups attached to an aromatic ring is 1. The van der Waals surface area contributed by atoms with Crippen LogP contribution in [0.3, 0.4) is 0 Å². The number of carbonyl (C=O) groups excluding carboxylic acids is 1. The van der Waals surface area contributed by atoms with Crippen LogP contribution in [0.25, 0.3) is 16.9 Å². The van der Waals surface area contributed by atoms with Gasteiger partial charge in [-0.3, -0.25) is 15.6 Å². The van der Waals surface area contributed by atoms with E-state index < -0.39 is 0 Å². The summed E-state index contributed by atoms with van der Waals surface area (Å²) >= 11 is 0. The second-order valence-corrected chi connectivity index (χ2v) is 5.84. The lowest BCUT2D eigenvalue weighted by Crippen LogP contribution is -2.31. The Hall–Kier alpha value is -4.01. The number of hydrogen-bond acceptors (Lipinski definition) is 7. The highest BCUT2D eigenvalue weighted by Crippen LogP contribution is 2.23. The maximum absolute atomic E-state index is 12.4. The molecule has 9 heteroatoms. The highest BCUT2D eigenvalue weighted by molar-refractivity contribution is 5.96. The number of hydrazine groups is 1. The molecular weight excluding hydrogens is 344 g/mol. The number of nitrogens with one attached hydrogen (secondary N) is 2. The Morgan fingerprint density at radius 1 is 1.07 bits per heavy atom. The Balaban J connectivity index is 1.61. The first-order valence-corrected chi connectivity index (χ1v) is 8.18. The Morgan fingerprint density at radius 2 is 1.85 bits per heavy atom. The van der Waals surface area contributed by atoms with E-state index in [2.05, 4.69) is 31.1 Å². The number of rotatable bonds is 4. The van der Waals surface area contributed by atoms with Crippen molar-refractivity contribution in [2.24, 2.45) is 0 Å². The Morgan fingerprint density at radius 3 is 2.70 bits per heavy atom. The summed E-state index contributed by atoms with van der Waals surface area (Å²) in [4.78, 5) is 20.6. The summed E-state index contributed by atoms with van der Waals surface area (Å²) in [6.07, 6.45) is 1.34. The van der Waals surface area contributed by atoms with Crippen LogP contribution in [0.5, 0.6) is 0 Å². The Bertz CT molecular complexity index is 1140. The van der Waals surface area contributed by atoms with Gasteiger partial charge in [-0.25, -0.2) is 9.97 Å². The van der Waals surface area contributed by atoms with Gasteiger partial charge in [-0.1, -0.05) is 35.5 Å². The van der Waals surface area contributed by atoms with Crippen molar-refractivity contribution in [3.8, 4) is 5.82 Å². The van der Waals surface area contributed by atoms with Crippen LogP contribution in [0.1, 0.15) is 15.9 Å². The van der Waals surface area contributed by atoms with Crippen molar-refractivity contribution < 1.29 is 4.79 Å². The third-order valence-electron chi connectivity index (χ3n) is 4.10. The lowest BCUT2D eigenvalue weighted by atomic mass is 10.1. The summed E-state index contributed by atoms with van der Waals surface area (Å²) in [5.41, 5.74) is 14.7. The van der Waals surface area contributed by atoms with Gasteiger partial charge in [-0.2, -0.15) is 4.68 Å². The van der Waals surface area contributed by atoms with E-state index in [4.69, 9.17) is 5.73 Å². The molecule has 2 aromatic heterocycles. The topological polar surface area (TPSA) is 124 Å². The Kier molecular flexibility index (Phi) is 4.09. The molecule has 1 amide bonds. The first kappa shape index (κ1) is 16.5. The zero-order valence-corrected chi connectivity index (χ0v) is 14.4. The minimum atomic E-state index is -0.293. The fraction of sp³-hybridized carbons (Fsp3) is 0.0556. The van der Waals surface area contributed by atoms with E-state index >= 15 is 0 Å². The predicted molar refractivity (Wildman–Crippen MR) is 101 cm³/mol. The number of aromatic nitrogens is 5. The molecule has 4 rings (SSSR count). The quantitative estimate of drug-likeness (QED) is 0.475. The van der Waals surface area contributed by atoms with Gasteiger partial charge in [0.15, 0.2) is 11.6 Å². The molecule has 0 unspecified atom stereocenters. The van der Waals surface area contributed by atoms with Crippen molar-refractivity contribution in [3.05, 3.63) is 66.0 Å². The number of benzene rings is 2. The van der Waals surface area contributed by atoms with E-state index in [1.54, 1.807) is 12.1 Å². The molecule has 2 aromatic carbocycles. The van der Waals surface area contributed by atoms with Crippen LogP contribution in [-0.4, -0.2) is 30.9 Å². The average molecular weight is 360 g/mol. The van der Waals surface area contributed by atoms with E-state index in [0.29, 0.717) is 11.4 Å². The van der Waals surface area contributed by atoms with Gasteiger partial charge in [0.1, 0.15) is 17.5 Å². The third-order valence-corrected chi connectivity index (χ3v) is 4.10. The summed E-state index contributed by atoms with van der Waals surface area (Å²) < 4.78 is 1.53. The van der Waals surface area contributed by atoms with Gasteiger partial charge in [0.05, 0.1) is 5.52 Å². The minimum Gasteiger partial charge on any atom is -0.393 e. The van der Waals surface area contributed by atoms with E-state index in [0.717, 1.165) is 16.6 Å². The van der Waals surface area contributed by atoms with Crippen LogP contribution in [0.4, 0.5) is 11.5 Å². The summed E-state index contributed by atoms with van der Waals surface area (Å²) in [5, 5.41) is 8.20. The highest BCUT2D eigenvalue weighted by Gasteiger charge is 2.15. The summed E-state index contributed by atoms with van der Waals surface area (Å²) in [5.74, 6) is 0.340. The number of nitrogens with zero attached hydrogens (tertiary/aromatic N) is 5. The van der Waals surface area contributed by atoms with E-state index in [1.807, 2.05) is 43.3 Å². The molecule has 2 heterocycles. The largest absolute Gasteiger partial charge is 0.393 e. The normalized spacial score (nSPS) is 10.7. The molecule has 27 heavy (non-hydrogen) atoms. The SMILES string of the molecule is Cc1ccccc1C(=O)NNc1ncnc(-n2nnc3ccccc32)c1N. The number of carbonyl (C=O) groups is 1. The van der Waals surface area contributed by atoms with Crippen LogP contribution in [-0.2, 0) is 0 Å². The number of hydrogen-bond donors (Lipinski definition) is 3. The molecule has 0 atom stereocenters. The molecular formula is C18H16N8O. The zero-order valence-electron chi connectivity index (χ0n) is 14.4. The van der Waals surface area contributed by atoms with E-state index in [-0.39, 0.29) is 17.4 Å². The smallest absolute Gasteiger partial charge is 0.269 e. The standard InChI is InChI=1S/C18H16N8O/c1-11-6-2-3-7-12(11)18(27)24-23-16-15(19)17(21-10-20-16)26-14-9-5-4-8-13(14)22-25-26/h2-10H,19H2,1H3,(H,24,27)(H,20,21,23). The number of para-hydroxylation sites is 1. The van der Waals surface area contributed by atoms with Crippen LogP contribution >= 0.6 is 0 Å². The fourth-order valence-electron chi connectivity index (χ4n) is 2.69. The van der Waals surface area contributed by atoms with Gasteiger partial charge in [0.2, 0.25) is 0 Å². The van der Waals surface area contributed by atoms with Gasteiger partial charge in [-0.05, 0) is 30.7 Å². The molecule has 0 bridgehead atoms. The van der Waals surface area contributed by atoms with Gasteiger partial charge in [-0.15, -0.1) is 5.10 Å². The van der Waals surface area contributed by atoms with E-state index in [9.17, 15) is 4.79 Å². The summed E-state index contributed by atoms with van der Waals surface area (Å²) in [6.45, 7) is 1.86. The van der Waals surface area contributed by atoms with Crippen molar-refractivity contribution in [2.45, 2.75) is 6.92 Å². The lowest BCUT2D eigenvalue weighted by Gasteiger charge is -2.12. The average Bonchev–Trinajstić information content (AvgIpc) is 3.11. The molecule has 4 N–H and O–H groups in total. The minimum absolute atomic E-state index is 0.234. The number of fused-ring (bicyclic) bond motifs is 1. The van der Waals surface area contributed by atoms with Crippen molar-refractivity contribution in [3.63, 3.8) is 0 Å². The first-order valence-electron chi connectivity index (χ1n) is 8.18. The number of aryl methyl sites for hydroxylation is 1. The van der Waals surface area contributed by atoms with Gasteiger partial charge >= 0.3 is 0 Å². The third kappa shape index (κ3) is 3.01. The molecule has 0 spiro atoms. The highest BCUT2D eigenvalue weighted by atomic mass is 16.2. The number of nitrogens with two attached hydrogens (primary N) is 1. The molecule has 0 radical (unpaired) electrons. The van der Waals surface area contributed by atoms with Crippen molar-refractivity contribution in [2.75, 3.05) is 11.2 Å². The van der Waals surface area contributed by atoms with Gasteiger partial charge < -0.3 is 5.73 Å². The maximum atomic E-state index is 12.4. The van der Waals surface area contributed by atoms with Crippen LogP contribution in [0.15, 0.2) is 54.9 Å². The van der Waals surface area contributed by atoms with Crippen molar-refractivity contribution in [1.29, 1.82) is 0 Å². The van der Waals surface area contributed by atoms with Crippen molar-refractivity contribution in [1.82, 2.24) is 30.4 Å². The number of anilines is 2. The second kappa shape index (κ2) is 6.71. The summed E-state index contributed by atoms with van der Waals surface area (Å²) in [7, 11) is 0. The van der Waals surface area contributed by atoms with E-state index in [1.165, 1.54) is 11.0 Å². The molecule has 0 saturated heterocycles. The first-order chi connectivity index (χ1) is 13.1. The van der Waals surface area contributed by atoms with Crippen LogP contribution < -0.4 is 16.6 Å². The second-order valence-electron chi connectivity index (χ2n) is 5.84. The molecule has 0 saturated carbocycles. The molecule has 0 fully saturated rings. The Labute approximate surface area is 154 Å². The molecule has 134 valence electrons. The predicted octanol–water partition coefficient (Wildman–Crippen LogP) is 1.86. The van der Waals surface area contributed by atoms with Gasteiger partial charge in [0.25, 0.3) is 5.91 Å². The molecule has 0 aliphatic carbocycles. The molecule has 0 aliphatic heterocycles. The fourth-order valence-corrected chi connectivity index (χ4v) is 2.69. The molecule has 9 nitrogen and oxygen atoms in total. The zero-order chi connectivity index (χ0) is 18.8. The lowest BCUT2D eigenvalue weighted by molar-refractivity contribution is 0.0962. The molecule has 4 aromatic rings. The summed E-state index contributed by atoms with van der Waals surface area (Å²) in [6, 6.07) is 14.7. The maximum Gasteiger partial charge on any atom is 0.269 e. The van der Waals surface area contributed by atoms with Crippen LogP contribution in [0.2, 0.25) is 0 Å².